The fraction of sp³-hybridized carbons (Fsp3) is 0.348. The molecule has 1 aliphatic rings. The van der Waals surface area contributed by atoms with Gasteiger partial charge in [-0.3, -0.25) is 0 Å². The first-order valence-electron chi connectivity index (χ1n) is 9.82. The van der Waals surface area contributed by atoms with Crippen molar-refractivity contribution in [2.24, 2.45) is 0 Å². The zero-order valence-corrected chi connectivity index (χ0v) is 17.1. The number of esters is 1. The molecule has 0 N–H and O–H groups in total. The van der Waals surface area contributed by atoms with Crippen LogP contribution in [-0.4, -0.2) is 45.5 Å². The molecule has 2 aromatic carbocycles. The van der Waals surface area contributed by atoms with Crippen LogP contribution >= 0.6 is 0 Å². The van der Waals surface area contributed by atoms with Crippen LogP contribution in [0.15, 0.2) is 54.3 Å². The van der Waals surface area contributed by atoms with E-state index < -0.39 is 5.97 Å². The Bertz CT molecular complexity index is 847. The number of likely N-dealkylation sites (N-methyl/N-ethyl adjacent to an activating group) is 1. The number of ether oxygens (including phenoxy) is 4. The van der Waals surface area contributed by atoms with Crippen molar-refractivity contribution in [1.29, 1.82) is 0 Å². The lowest BCUT2D eigenvalue weighted by atomic mass is 10.2. The molecule has 0 aromatic heterocycles. The standard InChI is InChI=1S/C23H27NO5/c1-4-26-22(23(25)27-5-2)14-17-10-12-18(13-11-17)28-16-19-15-24(3)20-8-6-7-9-21(20)29-19/h6-14,19H,4-5,15-16H2,1-3H3. The topological polar surface area (TPSA) is 57.2 Å². The number of rotatable bonds is 8. The van der Waals surface area contributed by atoms with Gasteiger partial charge in [0.05, 0.1) is 25.4 Å². The molecule has 0 saturated carbocycles. The van der Waals surface area contributed by atoms with E-state index in [1.807, 2.05) is 55.5 Å². The lowest BCUT2D eigenvalue weighted by molar-refractivity contribution is -0.142. The Morgan fingerprint density at radius 1 is 1.10 bits per heavy atom. The normalized spacial score (nSPS) is 15.9. The third-order valence-corrected chi connectivity index (χ3v) is 4.44. The minimum absolute atomic E-state index is 0.0529. The van der Waals surface area contributed by atoms with Gasteiger partial charge in [0.15, 0.2) is 0 Å². The Labute approximate surface area is 171 Å². The molecule has 0 spiro atoms. The van der Waals surface area contributed by atoms with E-state index in [9.17, 15) is 4.79 Å². The number of carbonyl (C=O) groups is 1. The predicted octanol–water partition coefficient (Wildman–Crippen LogP) is 3.90. The second-order valence-electron chi connectivity index (χ2n) is 6.63. The number of nitrogens with zero attached hydrogens (tertiary/aromatic N) is 1. The van der Waals surface area contributed by atoms with Gasteiger partial charge >= 0.3 is 5.97 Å². The van der Waals surface area contributed by atoms with E-state index in [-0.39, 0.29) is 11.9 Å². The molecule has 0 amide bonds. The van der Waals surface area contributed by atoms with E-state index in [0.29, 0.717) is 19.8 Å². The molecule has 0 fully saturated rings. The minimum atomic E-state index is -0.464. The van der Waals surface area contributed by atoms with E-state index >= 15 is 0 Å². The molecule has 6 heteroatoms. The molecule has 0 saturated heterocycles. The highest BCUT2D eigenvalue weighted by atomic mass is 16.6. The Morgan fingerprint density at radius 3 is 2.55 bits per heavy atom. The third-order valence-electron chi connectivity index (χ3n) is 4.44. The second kappa shape index (κ2) is 9.87. The summed E-state index contributed by atoms with van der Waals surface area (Å²) in [5.74, 6) is 1.34. The summed E-state index contributed by atoms with van der Waals surface area (Å²) in [4.78, 5) is 14.1. The SMILES string of the molecule is CCOC(=O)C(=Cc1ccc(OCC2CN(C)c3ccccc3O2)cc1)OCC. The second-order valence-corrected chi connectivity index (χ2v) is 6.63. The molecule has 1 aliphatic heterocycles. The summed E-state index contributed by atoms with van der Waals surface area (Å²) in [5.41, 5.74) is 1.92. The molecule has 1 atom stereocenters. The van der Waals surface area contributed by atoms with Gasteiger partial charge in [0, 0.05) is 7.05 Å². The fourth-order valence-electron chi connectivity index (χ4n) is 3.10. The van der Waals surface area contributed by atoms with Crippen molar-refractivity contribution in [3.8, 4) is 11.5 Å². The van der Waals surface area contributed by atoms with E-state index in [4.69, 9.17) is 18.9 Å². The maximum absolute atomic E-state index is 11.9. The number of hydrogen-bond acceptors (Lipinski definition) is 6. The lowest BCUT2D eigenvalue weighted by Gasteiger charge is -2.33. The van der Waals surface area contributed by atoms with Gasteiger partial charge in [-0.05, 0) is 49.8 Å². The average molecular weight is 397 g/mol. The van der Waals surface area contributed by atoms with Gasteiger partial charge < -0.3 is 23.8 Å². The van der Waals surface area contributed by atoms with Crippen molar-refractivity contribution in [2.45, 2.75) is 20.0 Å². The maximum atomic E-state index is 11.9. The van der Waals surface area contributed by atoms with Crippen molar-refractivity contribution >= 4 is 17.7 Å². The van der Waals surface area contributed by atoms with Gasteiger partial charge in [0.25, 0.3) is 0 Å². The summed E-state index contributed by atoms with van der Waals surface area (Å²) < 4.78 is 22.3. The van der Waals surface area contributed by atoms with Crippen molar-refractivity contribution in [3.05, 3.63) is 59.9 Å². The van der Waals surface area contributed by atoms with Crippen LogP contribution in [0.2, 0.25) is 0 Å². The molecule has 154 valence electrons. The summed E-state index contributed by atoms with van der Waals surface area (Å²) in [6, 6.07) is 15.5. The summed E-state index contributed by atoms with van der Waals surface area (Å²) in [6.45, 7) is 5.49. The summed E-state index contributed by atoms with van der Waals surface area (Å²) in [5, 5.41) is 0. The summed E-state index contributed by atoms with van der Waals surface area (Å²) in [6.07, 6.45) is 1.62. The molecule has 0 bridgehead atoms. The predicted molar refractivity (Wildman–Crippen MR) is 112 cm³/mol. The molecule has 1 heterocycles. The zero-order valence-electron chi connectivity index (χ0n) is 17.1. The highest BCUT2D eigenvalue weighted by Gasteiger charge is 2.23. The largest absolute Gasteiger partial charge is 0.490 e. The molecule has 1 unspecified atom stereocenters. The monoisotopic (exact) mass is 397 g/mol. The first-order valence-corrected chi connectivity index (χ1v) is 9.82. The number of hydrogen-bond donors (Lipinski definition) is 0. The van der Waals surface area contributed by atoms with Crippen LogP contribution in [0.25, 0.3) is 6.08 Å². The number of carbonyl (C=O) groups excluding carboxylic acids is 1. The quantitative estimate of drug-likeness (QED) is 0.383. The van der Waals surface area contributed by atoms with Crippen LogP contribution in [0, 0.1) is 0 Å². The number of benzene rings is 2. The van der Waals surface area contributed by atoms with E-state index in [2.05, 4.69) is 11.9 Å². The van der Waals surface area contributed by atoms with Crippen molar-refractivity contribution in [3.63, 3.8) is 0 Å². The van der Waals surface area contributed by atoms with Crippen LogP contribution in [0.5, 0.6) is 11.5 Å². The van der Waals surface area contributed by atoms with Gasteiger partial charge in [0.1, 0.15) is 24.2 Å². The first kappa shape index (κ1) is 20.6. The molecule has 0 aliphatic carbocycles. The van der Waals surface area contributed by atoms with Gasteiger partial charge in [0.2, 0.25) is 5.76 Å². The maximum Gasteiger partial charge on any atom is 0.373 e. The Balaban J connectivity index is 1.59. The molecule has 0 radical (unpaired) electrons. The lowest BCUT2D eigenvalue weighted by Crippen LogP contribution is -2.41. The number of para-hydroxylation sites is 2. The van der Waals surface area contributed by atoms with E-state index in [1.54, 1.807) is 13.0 Å². The summed E-state index contributed by atoms with van der Waals surface area (Å²) >= 11 is 0. The van der Waals surface area contributed by atoms with E-state index in [1.165, 1.54) is 0 Å². The average Bonchev–Trinajstić information content (AvgIpc) is 2.73. The van der Waals surface area contributed by atoms with Crippen molar-refractivity contribution in [2.75, 3.05) is 38.3 Å². The van der Waals surface area contributed by atoms with Crippen molar-refractivity contribution in [1.82, 2.24) is 0 Å². The highest BCUT2D eigenvalue weighted by molar-refractivity contribution is 5.91. The smallest absolute Gasteiger partial charge is 0.373 e. The Morgan fingerprint density at radius 2 is 1.83 bits per heavy atom. The molecule has 3 rings (SSSR count). The van der Waals surface area contributed by atoms with Crippen LogP contribution in [-0.2, 0) is 14.3 Å². The summed E-state index contributed by atoms with van der Waals surface area (Å²) in [7, 11) is 2.05. The van der Waals surface area contributed by atoms with Gasteiger partial charge in [-0.1, -0.05) is 24.3 Å². The van der Waals surface area contributed by atoms with Crippen LogP contribution in [0.1, 0.15) is 19.4 Å². The first-order chi connectivity index (χ1) is 14.1. The van der Waals surface area contributed by atoms with E-state index in [0.717, 1.165) is 29.3 Å². The molecule has 29 heavy (non-hydrogen) atoms. The number of fused-ring (bicyclic) bond motifs is 1. The van der Waals surface area contributed by atoms with Crippen LogP contribution in [0.4, 0.5) is 5.69 Å². The molecule has 6 nitrogen and oxygen atoms in total. The van der Waals surface area contributed by atoms with Gasteiger partial charge in [-0.25, -0.2) is 4.79 Å². The highest BCUT2D eigenvalue weighted by Crippen LogP contribution is 2.32. The van der Waals surface area contributed by atoms with Gasteiger partial charge in [-0.15, -0.1) is 0 Å². The van der Waals surface area contributed by atoms with Crippen LogP contribution in [0.3, 0.4) is 0 Å². The zero-order chi connectivity index (χ0) is 20.6. The molecular weight excluding hydrogens is 370 g/mol. The Hall–Kier alpha value is -3.15. The molecule has 2 aromatic rings. The number of anilines is 1. The Kier molecular flexibility index (Phi) is 7.00. The fourth-order valence-corrected chi connectivity index (χ4v) is 3.10. The van der Waals surface area contributed by atoms with Crippen molar-refractivity contribution < 1.29 is 23.7 Å². The molecular formula is C23H27NO5. The third kappa shape index (κ3) is 5.44. The van der Waals surface area contributed by atoms with Crippen LogP contribution < -0.4 is 14.4 Å². The minimum Gasteiger partial charge on any atom is -0.490 e. The van der Waals surface area contributed by atoms with Gasteiger partial charge in [-0.2, -0.15) is 0 Å².